The Morgan fingerprint density at radius 3 is 2.95 bits per heavy atom. The van der Waals surface area contributed by atoms with Crippen molar-refractivity contribution in [3.05, 3.63) is 24.3 Å². The fraction of sp³-hybridized carbons (Fsp3) is 0.467. The number of hydrogen-bond acceptors (Lipinski definition) is 2. The Labute approximate surface area is 125 Å². The quantitative estimate of drug-likeness (QED) is 0.837. The predicted octanol–water partition coefficient (Wildman–Crippen LogP) is 2.90. The van der Waals surface area contributed by atoms with Gasteiger partial charge in [-0.25, -0.2) is 0 Å². The molecule has 2 rings (SSSR count). The first-order chi connectivity index (χ1) is 9.60. The summed E-state index contributed by atoms with van der Waals surface area (Å²) in [6.07, 6.45) is 2.60. The van der Waals surface area contributed by atoms with E-state index in [1.165, 1.54) is 0 Å². The first-order valence-corrected chi connectivity index (χ1v) is 7.49. The second kappa shape index (κ2) is 6.70. The number of hydrogen-bond donors (Lipinski definition) is 2. The SMILES string of the molecule is CC[C@H](C)NC(=S)Nc1cccc(N2CCCC2=O)c1. The molecule has 0 bridgehead atoms. The van der Waals surface area contributed by atoms with Gasteiger partial charge in [0, 0.05) is 30.4 Å². The van der Waals surface area contributed by atoms with Crippen LogP contribution in [-0.2, 0) is 4.79 Å². The van der Waals surface area contributed by atoms with E-state index in [0.29, 0.717) is 17.6 Å². The molecule has 0 aliphatic carbocycles. The zero-order chi connectivity index (χ0) is 14.5. The lowest BCUT2D eigenvalue weighted by atomic mass is 10.2. The molecule has 0 unspecified atom stereocenters. The first-order valence-electron chi connectivity index (χ1n) is 7.08. The maximum atomic E-state index is 11.8. The standard InChI is InChI=1S/C15H21N3OS/c1-3-11(2)16-15(20)17-12-6-4-7-13(10-12)18-9-5-8-14(18)19/h4,6-7,10-11H,3,5,8-9H2,1-2H3,(H2,16,17,20)/t11-/m0/s1. The molecule has 2 N–H and O–H groups in total. The number of carbonyl (C=O) groups excluding carboxylic acids is 1. The molecule has 20 heavy (non-hydrogen) atoms. The molecule has 1 heterocycles. The minimum Gasteiger partial charge on any atom is -0.360 e. The number of benzene rings is 1. The fourth-order valence-corrected chi connectivity index (χ4v) is 2.48. The van der Waals surface area contributed by atoms with Gasteiger partial charge in [-0.2, -0.15) is 0 Å². The third kappa shape index (κ3) is 3.70. The van der Waals surface area contributed by atoms with Crippen LogP contribution in [0.5, 0.6) is 0 Å². The van der Waals surface area contributed by atoms with Gasteiger partial charge in [0.2, 0.25) is 5.91 Å². The van der Waals surface area contributed by atoms with Crippen LogP contribution in [0, 0.1) is 0 Å². The predicted molar refractivity (Wildman–Crippen MR) is 87.1 cm³/mol. The summed E-state index contributed by atoms with van der Waals surface area (Å²) in [6, 6.07) is 8.16. The molecule has 1 fully saturated rings. The topological polar surface area (TPSA) is 44.4 Å². The highest BCUT2D eigenvalue weighted by atomic mass is 32.1. The van der Waals surface area contributed by atoms with E-state index >= 15 is 0 Å². The molecule has 4 nitrogen and oxygen atoms in total. The van der Waals surface area contributed by atoms with E-state index in [2.05, 4.69) is 24.5 Å². The molecule has 0 saturated carbocycles. The van der Waals surface area contributed by atoms with Gasteiger partial charge in [0.1, 0.15) is 0 Å². The van der Waals surface area contributed by atoms with Gasteiger partial charge in [0.15, 0.2) is 5.11 Å². The van der Waals surface area contributed by atoms with Crippen molar-refractivity contribution in [2.75, 3.05) is 16.8 Å². The van der Waals surface area contributed by atoms with Crippen LogP contribution < -0.4 is 15.5 Å². The minimum absolute atomic E-state index is 0.197. The van der Waals surface area contributed by atoms with Crippen LogP contribution in [0.2, 0.25) is 0 Å². The van der Waals surface area contributed by atoms with Gasteiger partial charge in [0.05, 0.1) is 0 Å². The van der Waals surface area contributed by atoms with Gasteiger partial charge in [-0.05, 0) is 50.2 Å². The summed E-state index contributed by atoms with van der Waals surface area (Å²) < 4.78 is 0. The Morgan fingerprint density at radius 2 is 2.30 bits per heavy atom. The second-order valence-electron chi connectivity index (χ2n) is 5.11. The highest BCUT2D eigenvalue weighted by Crippen LogP contribution is 2.24. The highest BCUT2D eigenvalue weighted by molar-refractivity contribution is 7.80. The summed E-state index contributed by atoms with van der Waals surface area (Å²) in [5.74, 6) is 0.197. The van der Waals surface area contributed by atoms with Crippen molar-refractivity contribution in [1.29, 1.82) is 0 Å². The summed E-state index contributed by atoms with van der Waals surface area (Å²) >= 11 is 5.28. The number of amides is 1. The summed E-state index contributed by atoms with van der Waals surface area (Å²) in [5, 5.41) is 7.00. The van der Waals surface area contributed by atoms with Crippen LogP contribution >= 0.6 is 12.2 Å². The molecule has 1 amide bonds. The maximum Gasteiger partial charge on any atom is 0.227 e. The van der Waals surface area contributed by atoms with Crippen LogP contribution in [0.3, 0.4) is 0 Å². The molecule has 1 aliphatic heterocycles. The maximum absolute atomic E-state index is 11.8. The van der Waals surface area contributed by atoms with Crippen molar-refractivity contribution in [2.45, 2.75) is 39.2 Å². The van der Waals surface area contributed by atoms with Crippen molar-refractivity contribution < 1.29 is 4.79 Å². The van der Waals surface area contributed by atoms with Crippen molar-refractivity contribution >= 4 is 34.6 Å². The van der Waals surface area contributed by atoms with E-state index in [4.69, 9.17) is 12.2 Å². The molecule has 1 aliphatic rings. The molecule has 1 aromatic carbocycles. The molecule has 0 spiro atoms. The molecule has 5 heteroatoms. The van der Waals surface area contributed by atoms with Gasteiger partial charge >= 0.3 is 0 Å². The summed E-state index contributed by atoms with van der Waals surface area (Å²) in [6.45, 7) is 5.01. The molecule has 1 aromatic rings. The Morgan fingerprint density at radius 1 is 1.50 bits per heavy atom. The Hall–Kier alpha value is -1.62. The number of anilines is 2. The second-order valence-corrected chi connectivity index (χ2v) is 5.52. The largest absolute Gasteiger partial charge is 0.360 e. The number of carbonyl (C=O) groups is 1. The van der Waals surface area contributed by atoms with E-state index in [0.717, 1.165) is 30.8 Å². The van der Waals surface area contributed by atoms with Gasteiger partial charge in [-0.3, -0.25) is 4.79 Å². The van der Waals surface area contributed by atoms with Crippen molar-refractivity contribution in [2.24, 2.45) is 0 Å². The van der Waals surface area contributed by atoms with Crippen molar-refractivity contribution in [3.8, 4) is 0 Å². The molecule has 108 valence electrons. The molecule has 0 radical (unpaired) electrons. The number of rotatable bonds is 4. The van der Waals surface area contributed by atoms with Gasteiger partial charge < -0.3 is 15.5 Å². The Balaban J connectivity index is 2.02. The van der Waals surface area contributed by atoms with Crippen LogP contribution in [0.1, 0.15) is 33.1 Å². The smallest absolute Gasteiger partial charge is 0.227 e. The molecule has 1 saturated heterocycles. The van der Waals surface area contributed by atoms with Crippen LogP contribution in [0.4, 0.5) is 11.4 Å². The Bertz CT molecular complexity index is 504. The van der Waals surface area contributed by atoms with E-state index in [1.807, 2.05) is 29.2 Å². The lowest BCUT2D eigenvalue weighted by Crippen LogP contribution is -2.35. The zero-order valence-corrected chi connectivity index (χ0v) is 12.8. The summed E-state index contributed by atoms with van der Waals surface area (Å²) in [4.78, 5) is 13.6. The van der Waals surface area contributed by atoms with Crippen molar-refractivity contribution in [1.82, 2.24) is 5.32 Å². The van der Waals surface area contributed by atoms with Crippen LogP contribution in [0.15, 0.2) is 24.3 Å². The fourth-order valence-electron chi connectivity index (χ4n) is 2.17. The zero-order valence-electron chi connectivity index (χ0n) is 12.0. The van der Waals surface area contributed by atoms with Crippen molar-refractivity contribution in [3.63, 3.8) is 0 Å². The summed E-state index contributed by atoms with van der Waals surface area (Å²) in [5.41, 5.74) is 1.84. The van der Waals surface area contributed by atoms with Crippen LogP contribution in [-0.4, -0.2) is 23.6 Å². The molecule has 1 atom stereocenters. The highest BCUT2D eigenvalue weighted by Gasteiger charge is 2.21. The van der Waals surface area contributed by atoms with E-state index in [-0.39, 0.29) is 5.91 Å². The number of nitrogens with one attached hydrogen (secondary N) is 2. The average molecular weight is 291 g/mol. The molecular formula is C15H21N3OS. The minimum atomic E-state index is 0.197. The first kappa shape index (κ1) is 14.8. The van der Waals surface area contributed by atoms with Gasteiger partial charge in [0.25, 0.3) is 0 Å². The van der Waals surface area contributed by atoms with E-state index in [9.17, 15) is 4.79 Å². The monoisotopic (exact) mass is 291 g/mol. The lowest BCUT2D eigenvalue weighted by molar-refractivity contribution is -0.117. The molecular weight excluding hydrogens is 270 g/mol. The third-order valence-corrected chi connectivity index (χ3v) is 3.70. The summed E-state index contributed by atoms with van der Waals surface area (Å²) in [7, 11) is 0. The van der Waals surface area contributed by atoms with E-state index in [1.54, 1.807) is 0 Å². The number of thiocarbonyl (C=S) groups is 1. The van der Waals surface area contributed by atoms with Gasteiger partial charge in [-0.1, -0.05) is 13.0 Å². The Kier molecular flexibility index (Phi) is 4.95. The van der Waals surface area contributed by atoms with E-state index < -0.39 is 0 Å². The molecule has 0 aromatic heterocycles. The van der Waals surface area contributed by atoms with Crippen LogP contribution in [0.25, 0.3) is 0 Å². The normalized spacial score (nSPS) is 16.1. The average Bonchev–Trinajstić information content (AvgIpc) is 2.85. The van der Waals surface area contributed by atoms with Gasteiger partial charge in [-0.15, -0.1) is 0 Å². The number of nitrogens with zero attached hydrogens (tertiary/aromatic N) is 1. The third-order valence-electron chi connectivity index (χ3n) is 3.48. The lowest BCUT2D eigenvalue weighted by Gasteiger charge is -2.18.